The summed E-state index contributed by atoms with van der Waals surface area (Å²) in [5.41, 5.74) is 2.57. The second-order valence-electron chi connectivity index (χ2n) is 7.18. The fourth-order valence-corrected chi connectivity index (χ4v) is 2.60. The van der Waals surface area contributed by atoms with E-state index in [2.05, 4.69) is 69.4 Å². The summed E-state index contributed by atoms with van der Waals surface area (Å²) in [6.45, 7) is 11.3. The summed E-state index contributed by atoms with van der Waals surface area (Å²) in [5.74, 6) is 0.718. The average molecular weight is 284 g/mol. The number of fused-ring (bicyclic) bond motifs is 1. The molecule has 0 bridgehead atoms. The van der Waals surface area contributed by atoms with E-state index in [0.717, 1.165) is 30.9 Å². The molecule has 2 nitrogen and oxygen atoms in total. The van der Waals surface area contributed by atoms with Crippen LogP contribution in [-0.2, 0) is 6.42 Å². The van der Waals surface area contributed by atoms with Gasteiger partial charge in [-0.1, -0.05) is 52.0 Å². The van der Waals surface area contributed by atoms with Crippen LogP contribution in [0.3, 0.4) is 0 Å². The van der Waals surface area contributed by atoms with Crippen LogP contribution >= 0.6 is 0 Å². The largest absolute Gasteiger partial charge is 0.316 e. The molecule has 0 amide bonds. The maximum absolute atomic E-state index is 4.80. The Balaban J connectivity index is 1.94. The first-order valence-corrected chi connectivity index (χ1v) is 8.02. The predicted molar refractivity (Wildman–Crippen MR) is 91.6 cm³/mol. The van der Waals surface area contributed by atoms with E-state index < -0.39 is 0 Å². The van der Waals surface area contributed by atoms with E-state index in [0.29, 0.717) is 0 Å². The van der Waals surface area contributed by atoms with Crippen LogP contribution in [0.1, 0.15) is 39.8 Å². The molecule has 1 N–H and O–H groups in total. The molecule has 0 aliphatic heterocycles. The van der Waals surface area contributed by atoms with Gasteiger partial charge in [0, 0.05) is 11.1 Å². The number of rotatable bonds is 7. The van der Waals surface area contributed by atoms with Crippen LogP contribution < -0.4 is 5.32 Å². The number of hydrogen-bond donors (Lipinski definition) is 1. The second kappa shape index (κ2) is 7.04. The van der Waals surface area contributed by atoms with Gasteiger partial charge in [-0.3, -0.25) is 4.98 Å². The van der Waals surface area contributed by atoms with Crippen molar-refractivity contribution in [1.82, 2.24) is 10.3 Å². The van der Waals surface area contributed by atoms with Gasteiger partial charge in [0.1, 0.15) is 0 Å². The molecule has 114 valence electrons. The lowest BCUT2D eigenvalue weighted by Crippen LogP contribution is -2.26. The fraction of sp³-hybridized carbons (Fsp3) is 0.526. The van der Waals surface area contributed by atoms with Crippen molar-refractivity contribution in [2.45, 2.75) is 40.5 Å². The van der Waals surface area contributed by atoms with Gasteiger partial charge in [-0.05, 0) is 49.4 Å². The first-order valence-electron chi connectivity index (χ1n) is 8.02. The van der Waals surface area contributed by atoms with Crippen molar-refractivity contribution in [3.63, 3.8) is 0 Å². The quantitative estimate of drug-likeness (QED) is 0.760. The van der Waals surface area contributed by atoms with Crippen molar-refractivity contribution in [1.29, 1.82) is 0 Å². The molecule has 0 aliphatic rings. The summed E-state index contributed by atoms with van der Waals surface area (Å²) in [4.78, 5) is 4.80. The minimum Gasteiger partial charge on any atom is -0.316 e. The second-order valence-corrected chi connectivity index (χ2v) is 7.18. The van der Waals surface area contributed by atoms with Gasteiger partial charge >= 0.3 is 0 Å². The maximum atomic E-state index is 4.80. The number of aromatic nitrogens is 1. The van der Waals surface area contributed by atoms with E-state index in [1.807, 2.05) is 0 Å². The smallest absolute Gasteiger partial charge is 0.0705 e. The molecule has 0 saturated heterocycles. The van der Waals surface area contributed by atoms with Gasteiger partial charge in [0.05, 0.1) is 5.52 Å². The standard InChI is InChI=1S/C19H28N2/c1-15(2)14-20-12-11-19(3,4)13-17-10-9-16-7-5-6-8-18(16)21-17/h5-10,15,20H,11-14H2,1-4H3. The lowest BCUT2D eigenvalue weighted by molar-refractivity contribution is 0.319. The molecule has 1 heterocycles. The van der Waals surface area contributed by atoms with Gasteiger partial charge < -0.3 is 5.32 Å². The Labute approximate surface area is 129 Å². The highest BCUT2D eigenvalue weighted by atomic mass is 14.9. The fourth-order valence-electron chi connectivity index (χ4n) is 2.60. The Morgan fingerprint density at radius 2 is 1.86 bits per heavy atom. The van der Waals surface area contributed by atoms with Crippen LogP contribution in [0, 0.1) is 11.3 Å². The zero-order valence-corrected chi connectivity index (χ0v) is 13.8. The van der Waals surface area contributed by atoms with Gasteiger partial charge in [0.15, 0.2) is 0 Å². The SMILES string of the molecule is CC(C)CNCCC(C)(C)Cc1ccc2ccccc2n1. The van der Waals surface area contributed by atoms with Crippen LogP contribution in [0.2, 0.25) is 0 Å². The lowest BCUT2D eigenvalue weighted by Gasteiger charge is -2.25. The molecule has 21 heavy (non-hydrogen) atoms. The number of hydrogen-bond acceptors (Lipinski definition) is 2. The summed E-state index contributed by atoms with van der Waals surface area (Å²) in [5, 5.41) is 4.76. The van der Waals surface area contributed by atoms with Crippen molar-refractivity contribution in [2.75, 3.05) is 13.1 Å². The summed E-state index contributed by atoms with van der Waals surface area (Å²) >= 11 is 0. The first-order chi connectivity index (χ1) is 9.96. The molecule has 1 aromatic heterocycles. The van der Waals surface area contributed by atoms with E-state index in [4.69, 9.17) is 4.98 Å². The molecule has 2 aromatic rings. The summed E-state index contributed by atoms with van der Waals surface area (Å²) in [7, 11) is 0. The summed E-state index contributed by atoms with van der Waals surface area (Å²) in [6, 6.07) is 12.7. The van der Waals surface area contributed by atoms with Gasteiger partial charge in [0.25, 0.3) is 0 Å². The minimum atomic E-state index is 0.277. The number of pyridine rings is 1. The third-order valence-electron chi connectivity index (χ3n) is 3.85. The van der Waals surface area contributed by atoms with Gasteiger partial charge in [0.2, 0.25) is 0 Å². The lowest BCUT2D eigenvalue weighted by atomic mass is 9.84. The molecule has 0 aliphatic carbocycles. The highest BCUT2D eigenvalue weighted by Crippen LogP contribution is 2.25. The number of para-hydroxylation sites is 1. The Bertz CT molecular complexity index is 573. The van der Waals surface area contributed by atoms with E-state index >= 15 is 0 Å². The van der Waals surface area contributed by atoms with Crippen molar-refractivity contribution in [3.05, 3.63) is 42.1 Å². The molecule has 2 rings (SSSR count). The first kappa shape index (κ1) is 16.0. The highest BCUT2D eigenvalue weighted by Gasteiger charge is 2.19. The normalized spacial score (nSPS) is 12.2. The zero-order valence-electron chi connectivity index (χ0n) is 13.8. The molecule has 0 radical (unpaired) electrons. The monoisotopic (exact) mass is 284 g/mol. The Morgan fingerprint density at radius 3 is 2.62 bits per heavy atom. The molecule has 0 atom stereocenters. The Hall–Kier alpha value is -1.41. The predicted octanol–water partition coefficient (Wildman–Crippen LogP) is 4.44. The van der Waals surface area contributed by atoms with E-state index in [9.17, 15) is 0 Å². The minimum absolute atomic E-state index is 0.277. The van der Waals surface area contributed by atoms with Gasteiger partial charge in [-0.25, -0.2) is 0 Å². The van der Waals surface area contributed by atoms with Crippen molar-refractivity contribution in [2.24, 2.45) is 11.3 Å². The van der Waals surface area contributed by atoms with Crippen LogP contribution in [0.5, 0.6) is 0 Å². The van der Waals surface area contributed by atoms with E-state index in [1.165, 1.54) is 17.5 Å². The molecule has 0 spiro atoms. The van der Waals surface area contributed by atoms with Crippen molar-refractivity contribution in [3.8, 4) is 0 Å². The third kappa shape index (κ3) is 5.13. The summed E-state index contributed by atoms with van der Waals surface area (Å²) in [6.07, 6.45) is 2.20. The van der Waals surface area contributed by atoms with Crippen LogP contribution in [0.15, 0.2) is 36.4 Å². The third-order valence-corrected chi connectivity index (χ3v) is 3.85. The van der Waals surface area contributed by atoms with Gasteiger partial charge in [-0.2, -0.15) is 0 Å². The number of benzene rings is 1. The number of nitrogens with zero attached hydrogens (tertiary/aromatic N) is 1. The van der Waals surface area contributed by atoms with Crippen LogP contribution in [0.25, 0.3) is 10.9 Å². The molecular weight excluding hydrogens is 256 g/mol. The molecule has 2 heteroatoms. The van der Waals surface area contributed by atoms with Crippen LogP contribution in [-0.4, -0.2) is 18.1 Å². The molecular formula is C19H28N2. The van der Waals surface area contributed by atoms with Gasteiger partial charge in [-0.15, -0.1) is 0 Å². The van der Waals surface area contributed by atoms with Crippen molar-refractivity contribution >= 4 is 10.9 Å². The molecule has 0 unspecified atom stereocenters. The summed E-state index contributed by atoms with van der Waals surface area (Å²) < 4.78 is 0. The van der Waals surface area contributed by atoms with E-state index in [1.54, 1.807) is 0 Å². The van der Waals surface area contributed by atoms with E-state index in [-0.39, 0.29) is 5.41 Å². The Morgan fingerprint density at radius 1 is 1.10 bits per heavy atom. The number of nitrogens with one attached hydrogen (secondary N) is 1. The molecule has 1 aromatic carbocycles. The molecule has 0 fully saturated rings. The average Bonchev–Trinajstić information content (AvgIpc) is 2.43. The zero-order chi connectivity index (χ0) is 15.3. The Kier molecular flexibility index (Phi) is 5.35. The highest BCUT2D eigenvalue weighted by molar-refractivity contribution is 5.78. The maximum Gasteiger partial charge on any atom is 0.0705 e. The van der Waals surface area contributed by atoms with Crippen LogP contribution in [0.4, 0.5) is 0 Å². The van der Waals surface area contributed by atoms with Crippen molar-refractivity contribution < 1.29 is 0 Å². The topological polar surface area (TPSA) is 24.9 Å². The molecule has 0 saturated carbocycles.